The molecule has 1 aromatic rings. The van der Waals surface area contributed by atoms with Gasteiger partial charge in [0.25, 0.3) is 0 Å². The molecule has 1 aromatic heterocycles. The molecule has 3 nitrogen and oxygen atoms in total. The van der Waals surface area contributed by atoms with E-state index in [9.17, 15) is 0 Å². The monoisotopic (exact) mass is 163 g/mol. The van der Waals surface area contributed by atoms with Crippen LogP contribution >= 0.6 is 0 Å². The van der Waals surface area contributed by atoms with E-state index < -0.39 is 0 Å². The number of aryl methyl sites for hydroxylation is 1. The number of hydrogen-bond donors (Lipinski definition) is 1. The minimum Gasteiger partial charge on any atom is -0.298 e. The van der Waals surface area contributed by atoms with Gasteiger partial charge in [0.1, 0.15) is 0 Å². The van der Waals surface area contributed by atoms with Gasteiger partial charge in [0.15, 0.2) is 0 Å². The fourth-order valence-electron chi connectivity index (χ4n) is 1.13. The van der Waals surface area contributed by atoms with Crippen molar-refractivity contribution in [2.45, 2.75) is 13.0 Å². The maximum atomic E-state index is 5.13. The van der Waals surface area contributed by atoms with Gasteiger partial charge in [-0.1, -0.05) is 5.92 Å². The molecule has 0 fully saturated rings. The number of hydrogen-bond acceptors (Lipinski definition) is 2. The molecule has 0 saturated carbocycles. The summed E-state index contributed by atoms with van der Waals surface area (Å²) in [4.78, 5) is 0. The van der Waals surface area contributed by atoms with Crippen molar-refractivity contribution in [3.05, 3.63) is 18.0 Å². The highest BCUT2D eigenvalue weighted by molar-refractivity contribution is 5.06. The zero-order valence-electron chi connectivity index (χ0n) is 7.41. The van der Waals surface area contributed by atoms with Gasteiger partial charge in [-0.15, -0.1) is 6.42 Å². The van der Waals surface area contributed by atoms with Crippen molar-refractivity contribution < 1.29 is 0 Å². The Balaban J connectivity index is 2.60. The van der Waals surface area contributed by atoms with Crippen LogP contribution in [0.5, 0.6) is 0 Å². The van der Waals surface area contributed by atoms with E-state index in [4.69, 9.17) is 6.42 Å². The lowest BCUT2D eigenvalue weighted by atomic mass is 10.2. The molecule has 0 aliphatic carbocycles. The highest BCUT2D eigenvalue weighted by atomic mass is 15.3. The fourth-order valence-corrected chi connectivity index (χ4v) is 1.13. The van der Waals surface area contributed by atoms with Gasteiger partial charge >= 0.3 is 0 Å². The van der Waals surface area contributed by atoms with E-state index in [1.807, 2.05) is 17.8 Å². The van der Waals surface area contributed by atoms with Crippen LogP contribution in [0.2, 0.25) is 0 Å². The lowest BCUT2D eigenvalue weighted by Gasteiger charge is -2.11. The highest BCUT2D eigenvalue weighted by Gasteiger charge is 2.06. The number of terminal acetylenes is 1. The topological polar surface area (TPSA) is 29.9 Å². The molecule has 1 N–H and O–H groups in total. The maximum absolute atomic E-state index is 5.13. The normalized spacial score (nSPS) is 12.4. The number of aromatic nitrogens is 2. The molecule has 0 radical (unpaired) electrons. The van der Waals surface area contributed by atoms with Gasteiger partial charge in [-0.05, 0) is 13.0 Å². The molecule has 0 bridgehead atoms. The van der Waals surface area contributed by atoms with Crippen molar-refractivity contribution in [1.29, 1.82) is 0 Å². The van der Waals surface area contributed by atoms with E-state index in [1.54, 1.807) is 6.20 Å². The fraction of sp³-hybridized carbons (Fsp3) is 0.444. The van der Waals surface area contributed by atoms with E-state index in [2.05, 4.69) is 23.3 Å². The Hall–Kier alpha value is -1.27. The summed E-state index contributed by atoms with van der Waals surface area (Å²) in [5, 5.41) is 7.25. The van der Waals surface area contributed by atoms with Crippen molar-refractivity contribution in [3.63, 3.8) is 0 Å². The van der Waals surface area contributed by atoms with Gasteiger partial charge in [-0.25, -0.2) is 0 Å². The molecule has 3 heteroatoms. The van der Waals surface area contributed by atoms with Crippen LogP contribution in [0, 0.1) is 12.3 Å². The largest absolute Gasteiger partial charge is 0.298 e. The van der Waals surface area contributed by atoms with E-state index in [0.29, 0.717) is 6.54 Å². The average Bonchev–Trinajstić information content (AvgIpc) is 2.47. The maximum Gasteiger partial charge on any atom is 0.0578 e. The molecule has 0 aliphatic rings. The molecule has 0 saturated heterocycles. The first-order chi connectivity index (χ1) is 5.75. The molecule has 1 unspecified atom stereocenters. The molecule has 0 aromatic carbocycles. The highest BCUT2D eigenvalue weighted by Crippen LogP contribution is 2.08. The summed E-state index contributed by atoms with van der Waals surface area (Å²) in [7, 11) is 1.92. The van der Waals surface area contributed by atoms with Gasteiger partial charge in [0.05, 0.1) is 12.2 Å². The average molecular weight is 163 g/mol. The second-order valence-corrected chi connectivity index (χ2v) is 2.69. The Morgan fingerprint density at radius 1 is 1.83 bits per heavy atom. The van der Waals surface area contributed by atoms with Crippen LogP contribution in [0.25, 0.3) is 0 Å². The smallest absolute Gasteiger partial charge is 0.0578 e. The molecular formula is C9H13N3. The van der Waals surface area contributed by atoms with E-state index in [1.165, 1.54) is 0 Å². The third-order valence-corrected chi connectivity index (χ3v) is 1.81. The second-order valence-electron chi connectivity index (χ2n) is 2.69. The quantitative estimate of drug-likeness (QED) is 0.665. The third-order valence-electron chi connectivity index (χ3n) is 1.81. The van der Waals surface area contributed by atoms with Gasteiger partial charge in [-0.3, -0.25) is 10.00 Å². The summed E-state index contributed by atoms with van der Waals surface area (Å²) in [5.74, 6) is 2.54. The van der Waals surface area contributed by atoms with Crippen molar-refractivity contribution in [1.82, 2.24) is 15.1 Å². The number of nitrogens with one attached hydrogen (secondary N) is 1. The zero-order valence-corrected chi connectivity index (χ0v) is 7.41. The summed E-state index contributed by atoms with van der Waals surface area (Å²) >= 11 is 0. The van der Waals surface area contributed by atoms with Crippen LogP contribution in [0.1, 0.15) is 18.7 Å². The summed E-state index contributed by atoms with van der Waals surface area (Å²) < 4.78 is 1.84. The molecule has 64 valence electrons. The Kier molecular flexibility index (Phi) is 2.89. The van der Waals surface area contributed by atoms with Gasteiger partial charge in [-0.2, -0.15) is 5.10 Å². The number of rotatable bonds is 3. The third kappa shape index (κ3) is 1.86. The van der Waals surface area contributed by atoms with Crippen LogP contribution in [-0.2, 0) is 7.05 Å². The first-order valence-corrected chi connectivity index (χ1v) is 3.90. The van der Waals surface area contributed by atoms with Gasteiger partial charge in [0.2, 0.25) is 0 Å². The number of nitrogens with zero attached hydrogens (tertiary/aromatic N) is 2. The Bertz CT molecular complexity index is 282. The predicted molar refractivity (Wildman–Crippen MR) is 48.5 cm³/mol. The first kappa shape index (κ1) is 8.82. The van der Waals surface area contributed by atoms with Crippen molar-refractivity contribution >= 4 is 0 Å². The van der Waals surface area contributed by atoms with Gasteiger partial charge < -0.3 is 0 Å². The van der Waals surface area contributed by atoms with Crippen LogP contribution in [0.15, 0.2) is 12.3 Å². The molecule has 0 spiro atoms. The van der Waals surface area contributed by atoms with Crippen LogP contribution < -0.4 is 5.32 Å². The minimum atomic E-state index is 0.258. The first-order valence-electron chi connectivity index (χ1n) is 3.90. The van der Waals surface area contributed by atoms with Crippen LogP contribution in [0.3, 0.4) is 0 Å². The summed E-state index contributed by atoms with van der Waals surface area (Å²) in [5.41, 5.74) is 1.14. The summed E-state index contributed by atoms with van der Waals surface area (Å²) in [6.07, 6.45) is 6.91. The summed E-state index contributed by atoms with van der Waals surface area (Å²) in [6, 6.07) is 2.24. The van der Waals surface area contributed by atoms with Crippen molar-refractivity contribution in [3.8, 4) is 12.3 Å². The Labute approximate surface area is 72.8 Å². The van der Waals surface area contributed by atoms with Crippen LogP contribution in [-0.4, -0.2) is 16.3 Å². The van der Waals surface area contributed by atoms with Crippen LogP contribution in [0.4, 0.5) is 0 Å². The Morgan fingerprint density at radius 2 is 2.58 bits per heavy atom. The SMILES string of the molecule is C#CCNC(C)c1ccnn1C. The van der Waals surface area contributed by atoms with Crippen molar-refractivity contribution in [2.24, 2.45) is 7.05 Å². The minimum absolute atomic E-state index is 0.258. The van der Waals surface area contributed by atoms with E-state index >= 15 is 0 Å². The molecule has 0 amide bonds. The lowest BCUT2D eigenvalue weighted by Crippen LogP contribution is -2.20. The Morgan fingerprint density at radius 3 is 3.08 bits per heavy atom. The molecule has 0 aliphatic heterocycles. The standard InChI is InChI=1S/C9H13N3/c1-4-6-10-8(2)9-5-7-11-12(9)3/h1,5,7-8,10H,6H2,2-3H3. The van der Waals surface area contributed by atoms with Crippen molar-refractivity contribution in [2.75, 3.05) is 6.54 Å². The lowest BCUT2D eigenvalue weighted by molar-refractivity contribution is 0.562. The van der Waals surface area contributed by atoms with E-state index in [0.717, 1.165) is 5.69 Å². The van der Waals surface area contributed by atoms with Gasteiger partial charge in [0, 0.05) is 19.3 Å². The zero-order chi connectivity index (χ0) is 8.97. The molecule has 1 rings (SSSR count). The molecule has 1 heterocycles. The van der Waals surface area contributed by atoms with E-state index in [-0.39, 0.29) is 6.04 Å². The molecule has 12 heavy (non-hydrogen) atoms. The summed E-state index contributed by atoms with van der Waals surface area (Å²) in [6.45, 7) is 2.65. The predicted octanol–water partition coefficient (Wildman–Crippen LogP) is 0.704. The molecular weight excluding hydrogens is 150 g/mol. The second kappa shape index (κ2) is 3.93. The molecule has 1 atom stereocenters.